The van der Waals surface area contributed by atoms with Crippen molar-refractivity contribution in [2.75, 3.05) is 19.9 Å². The summed E-state index contributed by atoms with van der Waals surface area (Å²) >= 11 is 3.09. The van der Waals surface area contributed by atoms with E-state index in [-0.39, 0.29) is 6.16 Å². The smallest absolute Gasteiger partial charge is 0.312 e. The van der Waals surface area contributed by atoms with Crippen molar-refractivity contribution in [2.24, 2.45) is 0 Å². The van der Waals surface area contributed by atoms with Crippen molar-refractivity contribution in [3.05, 3.63) is 11.1 Å². The molecular weight excluding hydrogens is 231 g/mol. The van der Waals surface area contributed by atoms with Crippen LogP contribution < -0.4 is 0 Å². The largest absolute Gasteiger partial charge is 0.335 e. The van der Waals surface area contributed by atoms with Gasteiger partial charge in [0.1, 0.15) is 0 Å². The fourth-order valence-corrected chi connectivity index (χ4v) is 2.63. The van der Waals surface area contributed by atoms with Crippen molar-refractivity contribution in [2.45, 2.75) is 6.92 Å². The Morgan fingerprint density at radius 2 is 2.27 bits per heavy atom. The van der Waals surface area contributed by atoms with E-state index in [0.29, 0.717) is 11.1 Å². The average molecular weight is 243 g/mol. The molecule has 0 saturated heterocycles. The molecule has 0 radical (unpaired) electrons. The van der Waals surface area contributed by atoms with Crippen LogP contribution in [-0.4, -0.2) is 19.9 Å². The molecule has 0 rings (SSSR count). The maximum Gasteiger partial charge on any atom is 0.335 e. The zero-order chi connectivity index (χ0) is 8.91. The zero-order valence-corrected chi connectivity index (χ0v) is 9.15. The molecule has 1 atom stereocenters. The zero-order valence-electron chi connectivity index (χ0n) is 6.67. The van der Waals surface area contributed by atoms with Crippen LogP contribution in [-0.2, 0) is 13.6 Å². The van der Waals surface area contributed by atoms with Crippen LogP contribution >= 0.6 is 23.5 Å². The van der Waals surface area contributed by atoms with Gasteiger partial charge >= 0.3 is 7.60 Å². The van der Waals surface area contributed by atoms with Gasteiger partial charge in [0, 0.05) is 7.11 Å². The van der Waals surface area contributed by atoms with E-state index in [1.807, 2.05) is 0 Å². The van der Waals surface area contributed by atoms with Crippen LogP contribution in [0.5, 0.6) is 0 Å². The Morgan fingerprint density at radius 3 is 2.55 bits per heavy atom. The highest BCUT2D eigenvalue weighted by Gasteiger charge is 2.22. The quantitative estimate of drug-likeness (QED) is 0.696. The van der Waals surface area contributed by atoms with Crippen molar-refractivity contribution < 1.29 is 13.6 Å². The van der Waals surface area contributed by atoms with Gasteiger partial charge in [-0.25, -0.2) is 0 Å². The lowest BCUT2D eigenvalue weighted by Gasteiger charge is -2.13. The van der Waals surface area contributed by atoms with Crippen LogP contribution in [0.3, 0.4) is 0 Å². The Labute approximate surface area is 75.4 Å². The minimum absolute atomic E-state index is 0.220. The van der Waals surface area contributed by atoms with E-state index in [9.17, 15) is 4.57 Å². The molecule has 66 valence electrons. The van der Waals surface area contributed by atoms with E-state index in [2.05, 4.69) is 22.5 Å². The monoisotopic (exact) mass is 242 g/mol. The van der Waals surface area contributed by atoms with Gasteiger partial charge in [0.15, 0.2) is 0 Å². The Kier molecular flexibility index (Phi) is 5.26. The molecule has 0 fully saturated rings. The molecule has 3 nitrogen and oxygen atoms in total. The molecule has 0 aliphatic heterocycles. The van der Waals surface area contributed by atoms with Gasteiger partial charge in [-0.05, 0) is 11.4 Å². The van der Waals surface area contributed by atoms with Gasteiger partial charge in [-0.3, -0.25) is 4.57 Å². The summed E-state index contributed by atoms with van der Waals surface area (Å²) in [5.41, 5.74) is 0. The fraction of sp³-hybridized carbons (Fsp3) is 0.667. The molecule has 0 aromatic rings. The topological polar surface area (TPSA) is 35.5 Å². The second-order valence-electron chi connectivity index (χ2n) is 1.89. The molecule has 0 saturated carbocycles. The summed E-state index contributed by atoms with van der Waals surface area (Å²) in [6, 6.07) is 0. The third-order valence-electron chi connectivity index (χ3n) is 0.969. The summed E-state index contributed by atoms with van der Waals surface area (Å²) in [6.07, 6.45) is 0.220. The standard InChI is InChI=1S/C6H12BrO3P/c1-4-10-11(8,9-3)5-6(2)7/h2,4-5H2,1,3H3. The lowest BCUT2D eigenvalue weighted by atomic mass is 10.8. The van der Waals surface area contributed by atoms with Crippen LogP contribution in [0.25, 0.3) is 0 Å². The number of hydrogen-bond donors (Lipinski definition) is 0. The van der Waals surface area contributed by atoms with Gasteiger partial charge in [0.05, 0.1) is 12.8 Å². The van der Waals surface area contributed by atoms with Gasteiger partial charge in [-0.2, -0.15) is 0 Å². The van der Waals surface area contributed by atoms with Gasteiger partial charge in [-0.15, -0.1) is 0 Å². The second-order valence-corrected chi connectivity index (χ2v) is 5.17. The first kappa shape index (κ1) is 11.4. The van der Waals surface area contributed by atoms with E-state index in [0.717, 1.165) is 0 Å². The van der Waals surface area contributed by atoms with E-state index >= 15 is 0 Å². The van der Waals surface area contributed by atoms with Crippen molar-refractivity contribution in [1.29, 1.82) is 0 Å². The number of rotatable bonds is 5. The van der Waals surface area contributed by atoms with E-state index < -0.39 is 7.60 Å². The maximum atomic E-state index is 11.5. The van der Waals surface area contributed by atoms with E-state index in [1.165, 1.54) is 7.11 Å². The molecule has 1 unspecified atom stereocenters. The SMILES string of the molecule is C=C(Br)CP(=O)(OC)OCC. The predicted octanol–water partition coefficient (Wildman–Crippen LogP) is 2.77. The number of hydrogen-bond acceptors (Lipinski definition) is 3. The molecule has 0 aliphatic rings. The predicted molar refractivity (Wildman–Crippen MR) is 49.2 cm³/mol. The molecule has 0 aromatic carbocycles. The highest BCUT2D eigenvalue weighted by Crippen LogP contribution is 2.49. The van der Waals surface area contributed by atoms with Gasteiger partial charge < -0.3 is 9.05 Å². The lowest BCUT2D eigenvalue weighted by molar-refractivity contribution is 0.247. The summed E-state index contributed by atoms with van der Waals surface area (Å²) in [6.45, 7) is 5.70. The Bertz CT molecular complexity index is 181. The normalized spacial score (nSPS) is 15.9. The molecule has 0 aliphatic carbocycles. The Hall–Kier alpha value is 0.370. The van der Waals surface area contributed by atoms with Crippen LogP contribution in [0.4, 0.5) is 0 Å². The summed E-state index contributed by atoms with van der Waals surface area (Å²) in [5.74, 6) is 0. The first-order chi connectivity index (χ1) is 5.04. The number of allylic oxidation sites excluding steroid dienone is 1. The van der Waals surface area contributed by atoms with Crippen LogP contribution in [0, 0.1) is 0 Å². The summed E-state index contributed by atoms with van der Waals surface area (Å²) in [4.78, 5) is 0. The first-order valence-electron chi connectivity index (χ1n) is 3.16. The second kappa shape index (κ2) is 5.09. The molecule has 0 N–H and O–H groups in total. The van der Waals surface area contributed by atoms with E-state index in [4.69, 9.17) is 9.05 Å². The van der Waals surface area contributed by atoms with Gasteiger partial charge in [-0.1, -0.05) is 22.5 Å². The average Bonchev–Trinajstić information content (AvgIpc) is 1.87. The third-order valence-corrected chi connectivity index (χ3v) is 3.66. The number of halogens is 1. The minimum Gasteiger partial charge on any atom is -0.312 e. The van der Waals surface area contributed by atoms with Crippen LogP contribution in [0.1, 0.15) is 6.92 Å². The van der Waals surface area contributed by atoms with Crippen molar-refractivity contribution >= 4 is 23.5 Å². The summed E-state index contributed by atoms with van der Waals surface area (Å²) in [7, 11) is -1.54. The van der Waals surface area contributed by atoms with Crippen molar-refractivity contribution in [3.8, 4) is 0 Å². The molecular formula is C6H12BrO3P. The van der Waals surface area contributed by atoms with E-state index in [1.54, 1.807) is 6.92 Å². The van der Waals surface area contributed by atoms with Crippen LogP contribution in [0.15, 0.2) is 11.1 Å². The fourth-order valence-electron chi connectivity index (χ4n) is 0.570. The summed E-state index contributed by atoms with van der Waals surface area (Å²) in [5, 5.41) is 0. The minimum atomic E-state index is -2.90. The molecule has 11 heavy (non-hydrogen) atoms. The highest BCUT2D eigenvalue weighted by atomic mass is 79.9. The van der Waals surface area contributed by atoms with Crippen molar-refractivity contribution in [1.82, 2.24) is 0 Å². The molecule has 5 heteroatoms. The van der Waals surface area contributed by atoms with Crippen molar-refractivity contribution in [3.63, 3.8) is 0 Å². The Morgan fingerprint density at radius 1 is 1.73 bits per heavy atom. The van der Waals surface area contributed by atoms with Crippen LogP contribution in [0.2, 0.25) is 0 Å². The lowest BCUT2D eigenvalue weighted by Crippen LogP contribution is -1.96. The third kappa shape index (κ3) is 4.75. The van der Waals surface area contributed by atoms with Gasteiger partial charge in [0.2, 0.25) is 0 Å². The molecule has 0 bridgehead atoms. The first-order valence-corrected chi connectivity index (χ1v) is 5.68. The molecule has 0 heterocycles. The summed E-state index contributed by atoms with van der Waals surface area (Å²) < 4.78 is 21.7. The molecule has 0 spiro atoms. The maximum absolute atomic E-state index is 11.5. The molecule has 0 amide bonds. The molecule has 0 aromatic heterocycles. The Balaban J connectivity index is 4.10. The van der Waals surface area contributed by atoms with Gasteiger partial charge in [0.25, 0.3) is 0 Å². The highest BCUT2D eigenvalue weighted by molar-refractivity contribution is 9.11.